The summed E-state index contributed by atoms with van der Waals surface area (Å²) >= 11 is 0. The van der Waals surface area contributed by atoms with Crippen LogP contribution in [-0.4, -0.2) is 52.7 Å². The Morgan fingerprint density at radius 3 is 2.35 bits per heavy atom. The third-order valence-corrected chi connectivity index (χ3v) is 3.04. The standard InChI is InChI=1S/C13H27NO3/c1-15-8-4-9-16-11-12-17-10-7-14-13-5-2-3-6-13/h13-14H,2-12H2,1H3. The van der Waals surface area contributed by atoms with Gasteiger partial charge in [0.15, 0.2) is 0 Å². The molecule has 4 heteroatoms. The second-order valence-corrected chi connectivity index (χ2v) is 4.51. The average molecular weight is 245 g/mol. The minimum atomic E-state index is 0.688. The highest BCUT2D eigenvalue weighted by atomic mass is 16.5. The van der Waals surface area contributed by atoms with Crippen LogP contribution in [0.5, 0.6) is 0 Å². The molecular weight excluding hydrogens is 218 g/mol. The van der Waals surface area contributed by atoms with E-state index in [9.17, 15) is 0 Å². The lowest BCUT2D eigenvalue weighted by atomic mass is 10.2. The lowest BCUT2D eigenvalue weighted by molar-refractivity contribution is 0.0403. The number of methoxy groups -OCH3 is 1. The molecule has 0 aromatic heterocycles. The summed E-state index contributed by atoms with van der Waals surface area (Å²) in [6, 6.07) is 0.740. The average Bonchev–Trinajstić information content (AvgIpc) is 2.85. The maximum atomic E-state index is 5.48. The van der Waals surface area contributed by atoms with E-state index in [1.165, 1.54) is 25.7 Å². The van der Waals surface area contributed by atoms with Gasteiger partial charge in [0.25, 0.3) is 0 Å². The fourth-order valence-electron chi connectivity index (χ4n) is 2.09. The Bertz CT molecular complexity index is 161. The molecule has 0 unspecified atom stereocenters. The van der Waals surface area contributed by atoms with Crippen LogP contribution in [0.25, 0.3) is 0 Å². The maximum absolute atomic E-state index is 5.48. The lowest BCUT2D eigenvalue weighted by Gasteiger charge is -2.11. The SMILES string of the molecule is COCCCOCCOCCNC1CCCC1. The Balaban J connectivity index is 1.69. The summed E-state index contributed by atoms with van der Waals surface area (Å²) in [5.74, 6) is 0. The molecule has 1 saturated carbocycles. The van der Waals surface area contributed by atoms with Crippen LogP contribution >= 0.6 is 0 Å². The predicted molar refractivity (Wildman–Crippen MR) is 68.4 cm³/mol. The summed E-state index contributed by atoms with van der Waals surface area (Å²) in [7, 11) is 1.71. The van der Waals surface area contributed by atoms with Crippen molar-refractivity contribution in [2.45, 2.75) is 38.1 Å². The number of hydrogen-bond donors (Lipinski definition) is 1. The van der Waals surface area contributed by atoms with Crippen molar-refractivity contribution < 1.29 is 14.2 Å². The fraction of sp³-hybridized carbons (Fsp3) is 1.00. The third-order valence-electron chi connectivity index (χ3n) is 3.04. The number of hydrogen-bond acceptors (Lipinski definition) is 4. The first-order valence-corrected chi connectivity index (χ1v) is 6.81. The van der Waals surface area contributed by atoms with Gasteiger partial charge in [0, 0.05) is 32.9 Å². The van der Waals surface area contributed by atoms with Crippen LogP contribution in [0.2, 0.25) is 0 Å². The van der Waals surface area contributed by atoms with Crippen LogP contribution in [0.1, 0.15) is 32.1 Å². The van der Waals surface area contributed by atoms with Crippen molar-refractivity contribution in [3.05, 3.63) is 0 Å². The van der Waals surface area contributed by atoms with Gasteiger partial charge in [0.1, 0.15) is 0 Å². The zero-order chi connectivity index (χ0) is 12.2. The monoisotopic (exact) mass is 245 g/mol. The molecule has 102 valence electrons. The molecule has 0 spiro atoms. The van der Waals surface area contributed by atoms with Gasteiger partial charge in [-0.2, -0.15) is 0 Å². The first-order chi connectivity index (χ1) is 8.43. The molecule has 1 aliphatic rings. The topological polar surface area (TPSA) is 39.7 Å². The Morgan fingerprint density at radius 2 is 1.65 bits per heavy atom. The van der Waals surface area contributed by atoms with Crippen molar-refractivity contribution in [3.8, 4) is 0 Å². The molecule has 1 aliphatic carbocycles. The van der Waals surface area contributed by atoms with Crippen molar-refractivity contribution in [1.29, 1.82) is 0 Å². The predicted octanol–water partition coefficient (Wildman–Crippen LogP) is 1.59. The maximum Gasteiger partial charge on any atom is 0.0701 e. The molecule has 1 rings (SSSR count). The molecule has 1 N–H and O–H groups in total. The van der Waals surface area contributed by atoms with Crippen molar-refractivity contribution in [1.82, 2.24) is 5.32 Å². The summed E-state index contributed by atoms with van der Waals surface area (Å²) in [6.45, 7) is 4.67. The van der Waals surface area contributed by atoms with Crippen molar-refractivity contribution in [3.63, 3.8) is 0 Å². The second kappa shape index (κ2) is 11.0. The molecule has 0 aromatic rings. The molecule has 0 aliphatic heterocycles. The third kappa shape index (κ3) is 8.55. The summed E-state index contributed by atoms with van der Waals surface area (Å²) in [4.78, 5) is 0. The molecule has 0 atom stereocenters. The van der Waals surface area contributed by atoms with Gasteiger partial charge in [-0.3, -0.25) is 0 Å². The molecule has 1 fully saturated rings. The minimum Gasteiger partial charge on any atom is -0.385 e. The van der Waals surface area contributed by atoms with Crippen LogP contribution in [0.3, 0.4) is 0 Å². The van der Waals surface area contributed by atoms with E-state index in [0.29, 0.717) is 13.2 Å². The van der Waals surface area contributed by atoms with Crippen LogP contribution in [0, 0.1) is 0 Å². The van der Waals surface area contributed by atoms with E-state index < -0.39 is 0 Å². The molecule has 0 bridgehead atoms. The highest BCUT2D eigenvalue weighted by Gasteiger charge is 2.12. The van der Waals surface area contributed by atoms with Gasteiger partial charge >= 0.3 is 0 Å². The fourth-order valence-corrected chi connectivity index (χ4v) is 2.09. The normalized spacial score (nSPS) is 16.8. The molecule has 0 heterocycles. The van der Waals surface area contributed by atoms with Crippen molar-refractivity contribution in [2.75, 3.05) is 46.7 Å². The Hall–Kier alpha value is -0.160. The smallest absolute Gasteiger partial charge is 0.0701 e. The van der Waals surface area contributed by atoms with E-state index >= 15 is 0 Å². The highest BCUT2D eigenvalue weighted by Crippen LogP contribution is 2.17. The highest BCUT2D eigenvalue weighted by molar-refractivity contribution is 4.72. The number of ether oxygens (including phenoxy) is 3. The molecule has 4 nitrogen and oxygen atoms in total. The quantitative estimate of drug-likeness (QED) is 0.561. The number of rotatable bonds is 11. The Labute approximate surface area is 105 Å². The Morgan fingerprint density at radius 1 is 0.941 bits per heavy atom. The van der Waals surface area contributed by atoms with Gasteiger partial charge < -0.3 is 19.5 Å². The number of nitrogens with one attached hydrogen (secondary N) is 1. The largest absolute Gasteiger partial charge is 0.385 e. The summed E-state index contributed by atoms with van der Waals surface area (Å²) in [6.07, 6.45) is 6.40. The van der Waals surface area contributed by atoms with Crippen LogP contribution in [0.4, 0.5) is 0 Å². The first-order valence-electron chi connectivity index (χ1n) is 6.81. The van der Waals surface area contributed by atoms with Gasteiger partial charge in [0.05, 0.1) is 19.8 Å². The van der Waals surface area contributed by atoms with Gasteiger partial charge in [-0.25, -0.2) is 0 Å². The molecule has 17 heavy (non-hydrogen) atoms. The molecule has 0 amide bonds. The first kappa shape index (κ1) is 14.9. The van der Waals surface area contributed by atoms with Gasteiger partial charge in [-0.15, -0.1) is 0 Å². The van der Waals surface area contributed by atoms with Crippen LogP contribution < -0.4 is 5.32 Å². The second-order valence-electron chi connectivity index (χ2n) is 4.51. The zero-order valence-electron chi connectivity index (χ0n) is 11.1. The van der Waals surface area contributed by atoms with Crippen LogP contribution in [0.15, 0.2) is 0 Å². The van der Waals surface area contributed by atoms with E-state index in [2.05, 4.69) is 5.32 Å². The summed E-state index contributed by atoms with van der Waals surface area (Å²) < 4.78 is 15.8. The van der Waals surface area contributed by atoms with Crippen molar-refractivity contribution >= 4 is 0 Å². The zero-order valence-corrected chi connectivity index (χ0v) is 11.1. The minimum absolute atomic E-state index is 0.688. The van der Waals surface area contributed by atoms with E-state index in [1.807, 2.05) is 0 Å². The molecule has 0 aromatic carbocycles. The molecule has 0 saturated heterocycles. The summed E-state index contributed by atoms with van der Waals surface area (Å²) in [5.41, 5.74) is 0. The summed E-state index contributed by atoms with van der Waals surface area (Å²) in [5, 5.41) is 3.52. The van der Waals surface area contributed by atoms with Gasteiger partial charge in [-0.1, -0.05) is 12.8 Å². The van der Waals surface area contributed by atoms with Crippen molar-refractivity contribution in [2.24, 2.45) is 0 Å². The van der Waals surface area contributed by atoms with Crippen LogP contribution in [-0.2, 0) is 14.2 Å². The molecule has 0 radical (unpaired) electrons. The van der Waals surface area contributed by atoms with E-state index in [1.54, 1.807) is 7.11 Å². The van der Waals surface area contributed by atoms with Gasteiger partial charge in [0.2, 0.25) is 0 Å². The Kier molecular flexibility index (Phi) is 9.61. The van der Waals surface area contributed by atoms with Gasteiger partial charge in [-0.05, 0) is 19.3 Å². The van der Waals surface area contributed by atoms with E-state index in [-0.39, 0.29) is 0 Å². The van der Waals surface area contributed by atoms with E-state index in [4.69, 9.17) is 14.2 Å². The van der Waals surface area contributed by atoms with E-state index in [0.717, 1.165) is 38.8 Å². The lowest BCUT2D eigenvalue weighted by Crippen LogP contribution is -2.29. The molecular formula is C13H27NO3.